The number of benzene rings is 1. The van der Waals surface area contributed by atoms with E-state index >= 15 is 0 Å². The van der Waals surface area contributed by atoms with Crippen molar-refractivity contribution in [3.63, 3.8) is 0 Å². The number of alkyl halides is 2. The first-order valence-electron chi connectivity index (χ1n) is 4.31. The van der Waals surface area contributed by atoms with Gasteiger partial charge in [-0.05, 0) is 6.07 Å². The van der Waals surface area contributed by atoms with E-state index in [1.807, 2.05) is 0 Å². The quantitative estimate of drug-likeness (QED) is 0.593. The zero-order valence-electron chi connectivity index (χ0n) is 8.26. The summed E-state index contributed by atoms with van der Waals surface area (Å²) >= 11 is 0. The summed E-state index contributed by atoms with van der Waals surface area (Å²) in [5.74, 6) is -4.08. The summed E-state index contributed by atoms with van der Waals surface area (Å²) in [6.07, 6.45) is -0.619. The van der Waals surface area contributed by atoms with E-state index in [4.69, 9.17) is 15.9 Å². The van der Waals surface area contributed by atoms with E-state index in [0.717, 1.165) is 0 Å². The Bertz CT molecular complexity index is 366. The van der Waals surface area contributed by atoms with Crippen molar-refractivity contribution in [3.8, 4) is 5.75 Å². The molecule has 0 aliphatic carbocycles. The van der Waals surface area contributed by atoms with Crippen molar-refractivity contribution in [2.45, 2.75) is 12.3 Å². The minimum atomic E-state index is -3.32. The molecule has 5 heteroatoms. The molecule has 1 rings (SSSR count). The first-order chi connectivity index (χ1) is 6.97. The van der Waals surface area contributed by atoms with E-state index < -0.39 is 18.2 Å². The van der Waals surface area contributed by atoms with E-state index in [1.54, 1.807) is 18.2 Å². The molecule has 3 nitrogen and oxygen atoms in total. The maximum Gasteiger partial charge on any atom is 0.307 e. The third-order valence-electron chi connectivity index (χ3n) is 2.00. The molecule has 1 aromatic rings. The van der Waals surface area contributed by atoms with Crippen LogP contribution in [0.3, 0.4) is 0 Å². The Balaban J connectivity index is 2.94. The number of amidine groups is 1. The van der Waals surface area contributed by atoms with Crippen LogP contribution in [0.15, 0.2) is 24.3 Å². The van der Waals surface area contributed by atoms with E-state index in [0.29, 0.717) is 11.3 Å². The van der Waals surface area contributed by atoms with Crippen LogP contribution in [0.2, 0.25) is 0 Å². The number of nitrogens with two attached hydrogens (primary N) is 1. The van der Waals surface area contributed by atoms with Gasteiger partial charge in [0.25, 0.3) is 0 Å². The molecule has 0 spiro atoms. The molecular weight excluding hydrogens is 202 g/mol. The first kappa shape index (κ1) is 11.4. The number of methoxy groups -OCH3 is 1. The van der Waals surface area contributed by atoms with Gasteiger partial charge in [-0.3, -0.25) is 5.41 Å². The standard InChI is InChI=1S/C10H12F2N2O/c1-15-8-5-3-2-4-7(8)6-10(11,12)9(13)14/h2-5H,6H2,1H3,(H3,13,14). The topological polar surface area (TPSA) is 59.1 Å². The molecule has 0 amide bonds. The molecule has 0 heterocycles. The van der Waals surface area contributed by atoms with E-state index in [2.05, 4.69) is 0 Å². The molecule has 82 valence electrons. The van der Waals surface area contributed by atoms with Gasteiger partial charge >= 0.3 is 5.92 Å². The Kier molecular flexibility index (Phi) is 3.24. The number of para-hydroxylation sites is 1. The zero-order valence-corrected chi connectivity index (χ0v) is 8.26. The molecule has 0 aromatic heterocycles. The molecule has 0 aliphatic rings. The van der Waals surface area contributed by atoms with Gasteiger partial charge in [-0.15, -0.1) is 0 Å². The number of rotatable bonds is 4. The summed E-state index contributed by atoms with van der Waals surface area (Å²) in [5, 5.41) is 6.76. The van der Waals surface area contributed by atoms with Gasteiger partial charge in [-0.25, -0.2) is 0 Å². The predicted molar refractivity (Wildman–Crippen MR) is 53.6 cm³/mol. The first-order valence-corrected chi connectivity index (χ1v) is 4.31. The Morgan fingerprint density at radius 1 is 1.47 bits per heavy atom. The molecule has 0 fully saturated rings. The second kappa shape index (κ2) is 4.25. The Hall–Kier alpha value is -1.65. The summed E-state index contributed by atoms with van der Waals surface area (Å²) in [4.78, 5) is 0. The maximum absolute atomic E-state index is 13.1. The molecule has 0 bridgehead atoms. The van der Waals surface area contributed by atoms with Crippen LogP contribution in [-0.4, -0.2) is 18.9 Å². The van der Waals surface area contributed by atoms with Crippen LogP contribution in [0, 0.1) is 5.41 Å². The zero-order chi connectivity index (χ0) is 11.5. The monoisotopic (exact) mass is 214 g/mol. The van der Waals surface area contributed by atoms with Crippen molar-refractivity contribution < 1.29 is 13.5 Å². The lowest BCUT2D eigenvalue weighted by Gasteiger charge is -2.16. The Morgan fingerprint density at radius 3 is 2.60 bits per heavy atom. The molecule has 0 aliphatic heterocycles. The molecule has 0 saturated heterocycles. The fraction of sp³-hybridized carbons (Fsp3) is 0.300. The Morgan fingerprint density at radius 2 is 2.07 bits per heavy atom. The minimum Gasteiger partial charge on any atom is -0.496 e. The summed E-state index contributed by atoms with van der Waals surface area (Å²) in [7, 11) is 1.41. The van der Waals surface area contributed by atoms with Gasteiger partial charge in [0.05, 0.1) is 7.11 Å². The largest absolute Gasteiger partial charge is 0.496 e. The van der Waals surface area contributed by atoms with Crippen LogP contribution in [0.4, 0.5) is 8.78 Å². The number of hydrogen-bond acceptors (Lipinski definition) is 2. The molecule has 0 saturated carbocycles. The van der Waals surface area contributed by atoms with Crippen LogP contribution >= 0.6 is 0 Å². The highest BCUT2D eigenvalue weighted by molar-refractivity contribution is 5.84. The van der Waals surface area contributed by atoms with Gasteiger partial charge in [0, 0.05) is 12.0 Å². The fourth-order valence-electron chi connectivity index (χ4n) is 1.18. The second-order valence-electron chi connectivity index (χ2n) is 3.11. The average molecular weight is 214 g/mol. The molecule has 1 aromatic carbocycles. The SMILES string of the molecule is COc1ccccc1CC(F)(F)C(=N)N. The van der Waals surface area contributed by atoms with E-state index in [9.17, 15) is 8.78 Å². The molecule has 0 radical (unpaired) electrons. The lowest BCUT2D eigenvalue weighted by atomic mass is 10.1. The lowest BCUT2D eigenvalue weighted by Crippen LogP contribution is -2.36. The summed E-state index contributed by atoms with van der Waals surface area (Å²) in [5.41, 5.74) is 5.14. The molecular formula is C10H12F2N2O. The third kappa shape index (κ3) is 2.65. The van der Waals surface area contributed by atoms with Crippen molar-refractivity contribution in [2.75, 3.05) is 7.11 Å². The molecule has 15 heavy (non-hydrogen) atoms. The second-order valence-corrected chi connectivity index (χ2v) is 3.11. The van der Waals surface area contributed by atoms with Crippen molar-refractivity contribution in [2.24, 2.45) is 5.73 Å². The highest BCUT2D eigenvalue weighted by atomic mass is 19.3. The summed E-state index contributed by atoms with van der Waals surface area (Å²) in [6.45, 7) is 0. The van der Waals surface area contributed by atoms with Gasteiger partial charge in [0.15, 0.2) is 5.84 Å². The maximum atomic E-state index is 13.1. The van der Waals surface area contributed by atoms with Gasteiger partial charge in [-0.2, -0.15) is 8.78 Å². The smallest absolute Gasteiger partial charge is 0.307 e. The van der Waals surface area contributed by atoms with Crippen molar-refractivity contribution in [1.29, 1.82) is 5.41 Å². The van der Waals surface area contributed by atoms with E-state index in [-0.39, 0.29) is 0 Å². The number of nitrogens with one attached hydrogen (secondary N) is 1. The van der Waals surface area contributed by atoms with Gasteiger partial charge in [0.2, 0.25) is 0 Å². The average Bonchev–Trinajstić information content (AvgIpc) is 2.18. The minimum absolute atomic E-state index is 0.334. The normalized spacial score (nSPS) is 11.1. The van der Waals surface area contributed by atoms with Crippen molar-refractivity contribution in [3.05, 3.63) is 29.8 Å². The van der Waals surface area contributed by atoms with Crippen LogP contribution in [0.5, 0.6) is 5.75 Å². The van der Waals surface area contributed by atoms with Crippen LogP contribution < -0.4 is 10.5 Å². The van der Waals surface area contributed by atoms with Gasteiger partial charge in [0.1, 0.15) is 5.75 Å². The fourth-order valence-corrected chi connectivity index (χ4v) is 1.18. The van der Waals surface area contributed by atoms with Gasteiger partial charge in [-0.1, -0.05) is 18.2 Å². The Labute approximate surface area is 86.4 Å². The summed E-state index contributed by atoms with van der Waals surface area (Å²) < 4.78 is 31.2. The number of ether oxygens (including phenoxy) is 1. The van der Waals surface area contributed by atoms with Crippen molar-refractivity contribution >= 4 is 5.84 Å². The van der Waals surface area contributed by atoms with Crippen molar-refractivity contribution in [1.82, 2.24) is 0 Å². The van der Waals surface area contributed by atoms with Gasteiger partial charge < -0.3 is 10.5 Å². The van der Waals surface area contributed by atoms with Crippen LogP contribution in [0.1, 0.15) is 5.56 Å². The molecule has 0 atom stereocenters. The number of halogens is 2. The lowest BCUT2D eigenvalue weighted by molar-refractivity contribution is 0.0754. The molecule has 3 N–H and O–H groups in total. The highest BCUT2D eigenvalue weighted by Crippen LogP contribution is 2.26. The molecule has 0 unspecified atom stereocenters. The van der Waals surface area contributed by atoms with Crippen LogP contribution in [0.25, 0.3) is 0 Å². The van der Waals surface area contributed by atoms with Crippen LogP contribution in [-0.2, 0) is 6.42 Å². The predicted octanol–water partition coefficient (Wildman–Crippen LogP) is 1.81. The highest BCUT2D eigenvalue weighted by Gasteiger charge is 2.34. The third-order valence-corrected chi connectivity index (χ3v) is 2.00. The summed E-state index contributed by atoms with van der Waals surface area (Å²) in [6, 6.07) is 6.43. The number of hydrogen-bond donors (Lipinski definition) is 2. The van der Waals surface area contributed by atoms with E-state index in [1.165, 1.54) is 13.2 Å².